The van der Waals surface area contributed by atoms with Gasteiger partial charge in [0.25, 0.3) is 0 Å². The fourth-order valence-electron chi connectivity index (χ4n) is 1.90. The lowest BCUT2D eigenvalue weighted by molar-refractivity contribution is -0.138. The molecule has 0 bridgehead atoms. The smallest absolute Gasteiger partial charge is 0.238 e. The molecular formula is C11H21N3O3. The van der Waals surface area contributed by atoms with E-state index in [2.05, 4.69) is 5.32 Å². The molecule has 1 rings (SSSR count). The number of rotatable bonds is 4. The minimum Gasteiger partial charge on any atom is -0.384 e. The molecule has 0 aromatic carbocycles. The highest BCUT2D eigenvalue weighted by atomic mass is 16.5. The van der Waals surface area contributed by atoms with E-state index in [0.29, 0.717) is 26.1 Å². The molecule has 0 spiro atoms. The molecule has 98 valence electrons. The van der Waals surface area contributed by atoms with Crippen LogP contribution in [0.25, 0.3) is 0 Å². The Balaban J connectivity index is 2.54. The SMILES string of the molecule is CNC(=O)[C@H]1CN(C(=O)CCOC)CCN1C. The predicted molar refractivity (Wildman–Crippen MR) is 63.6 cm³/mol. The lowest BCUT2D eigenvalue weighted by Crippen LogP contribution is -2.58. The molecule has 17 heavy (non-hydrogen) atoms. The van der Waals surface area contributed by atoms with Gasteiger partial charge in [0.2, 0.25) is 11.8 Å². The van der Waals surface area contributed by atoms with Gasteiger partial charge in [-0.3, -0.25) is 14.5 Å². The zero-order valence-electron chi connectivity index (χ0n) is 10.7. The fourth-order valence-corrected chi connectivity index (χ4v) is 1.90. The van der Waals surface area contributed by atoms with Crippen molar-refractivity contribution < 1.29 is 14.3 Å². The first-order valence-corrected chi connectivity index (χ1v) is 5.78. The molecule has 1 heterocycles. The van der Waals surface area contributed by atoms with Gasteiger partial charge in [0.1, 0.15) is 6.04 Å². The molecule has 0 radical (unpaired) electrons. The van der Waals surface area contributed by atoms with E-state index in [1.165, 1.54) is 0 Å². The largest absolute Gasteiger partial charge is 0.384 e. The fraction of sp³-hybridized carbons (Fsp3) is 0.818. The number of hydrogen-bond donors (Lipinski definition) is 1. The Labute approximate surface area is 102 Å². The number of amides is 2. The van der Waals surface area contributed by atoms with Gasteiger partial charge in [-0.1, -0.05) is 0 Å². The number of nitrogens with zero attached hydrogens (tertiary/aromatic N) is 2. The minimum absolute atomic E-state index is 0.0447. The van der Waals surface area contributed by atoms with E-state index < -0.39 is 0 Å². The highest BCUT2D eigenvalue weighted by Gasteiger charge is 2.31. The summed E-state index contributed by atoms with van der Waals surface area (Å²) in [5.74, 6) is 0.00518. The Morgan fingerprint density at radius 2 is 2.12 bits per heavy atom. The normalized spacial score (nSPS) is 21.4. The molecule has 0 aliphatic carbocycles. The molecule has 6 heteroatoms. The van der Waals surface area contributed by atoms with Gasteiger partial charge in [-0.2, -0.15) is 0 Å². The van der Waals surface area contributed by atoms with Crippen LogP contribution in [-0.2, 0) is 14.3 Å². The maximum Gasteiger partial charge on any atom is 0.238 e. The highest BCUT2D eigenvalue weighted by molar-refractivity contribution is 5.83. The summed E-state index contributed by atoms with van der Waals surface area (Å²) >= 11 is 0. The third-order valence-electron chi connectivity index (χ3n) is 3.07. The van der Waals surface area contributed by atoms with E-state index in [4.69, 9.17) is 4.74 Å². The summed E-state index contributed by atoms with van der Waals surface area (Å²) in [6.07, 6.45) is 0.376. The minimum atomic E-state index is -0.250. The van der Waals surface area contributed by atoms with E-state index in [9.17, 15) is 9.59 Å². The average molecular weight is 243 g/mol. The maximum atomic E-state index is 11.8. The van der Waals surface area contributed by atoms with Crippen LogP contribution in [0, 0.1) is 0 Å². The molecule has 0 unspecified atom stereocenters. The van der Waals surface area contributed by atoms with Gasteiger partial charge in [0.05, 0.1) is 13.0 Å². The van der Waals surface area contributed by atoms with Crippen LogP contribution in [0.2, 0.25) is 0 Å². The number of likely N-dealkylation sites (N-methyl/N-ethyl adjacent to an activating group) is 2. The first kappa shape index (κ1) is 13.9. The van der Waals surface area contributed by atoms with Crippen LogP contribution in [0.1, 0.15) is 6.42 Å². The Morgan fingerprint density at radius 3 is 2.71 bits per heavy atom. The van der Waals surface area contributed by atoms with Crippen molar-refractivity contribution in [3.63, 3.8) is 0 Å². The van der Waals surface area contributed by atoms with Gasteiger partial charge in [0, 0.05) is 33.8 Å². The molecule has 1 atom stereocenters. The second kappa shape index (κ2) is 6.56. The maximum absolute atomic E-state index is 11.8. The molecule has 1 aliphatic heterocycles. The van der Waals surface area contributed by atoms with Crippen molar-refractivity contribution in [3.8, 4) is 0 Å². The van der Waals surface area contributed by atoms with E-state index in [0.717, 1.165) is 6.54 Å². The van der Waals surface area contributed by atoms with Crippen molar-refractivity contribution in [1.82, 2.24) is 15.1 Å². The summed E-state index contributed by atoms with van der Waals surface area (Å²) in [5, 5.41) is 2.62. The van der Waals surface area contributed by atoms with Crippen LogP contribution in [0.5, 0.6) is 0 Å². The van der Waals surface area contributed by atoms with E-state index in [-0.39, 0.29) is 17.9 Å². The number of hydrogen-bond acceptors (Lipinski definition) is 4. The second-order valence-corrected chi connectivity index (χ2v) is 4.19. The molecule has 1 fully saturated rings. The van der Waals surface area contributed by atoms with E-state index in [1.807, 2.05) is 11.9 Å². The number of carbonyl (C=O) groups is 2. The summed E-state index contributed by atoms with van der Waals surface area (Å²) in [6, 6.07) is -0.250. The molecule has 1 aliphatic rings. The molecule has 1 saturated heterocycles. The molecule has 1 N–H and O–H groups in total. The second-order valence-electron chi connectivity index (χ2n) is 4.19. The summed E-state index contributed by atoms with van der Waals surface area (Å²) < 4.78 is 4.88. The topological polar surface area (TPSA) is 61.9 Å². The standard InChI is InChI=1S/C11H21N3O3/c1-12-11(16)9-8-14(6-5-13(9)2)10(15)4-7-17-3/h9H,4-8H2,1-3H3,(H,12,16)/t9-/m1/s1. The van der Waals surface area contributed by atoms with Gasteiger partial charge in [-0.05, 0) is 7.05 Å². The number of ether oxygens (including phenoxy) is 1. The van der Waals surface area contributed by atoms with Crippen LogP contribution in [0.15, 0.2) is 0 Å². The Kier molecular flexibility index (Phi) is 5.37. The van der Waals surface area contributed by atoms with Crippen LogP contribution in [0.4, 0.5) is 0 Å². The highest BCUT2D eigenvalue weighted by Crippen LogP contribution is 2.09. The van der Waals surface area contributed by atoms with Crippen LogP contribution < -0.4 is 5.32 Å². The number of piperazine rings is 1. The molecule has 0 aromatic heterocycles. The lowest BCUT2D eigenvalue weighted by atomic mass is 10.1. The van der Waals surface area contributed by atoms with Crippen molar-refractivity contribution in [2.75, 3.05) is 47.4 Å². The summed E-state index contributed by atoms with van der Waals surface area (Å²) in [5.41, 5.74) is 0. The third kappa shape index (κ3) is 3.67. The zero-order chi connectivity index (χ0) is 12.8. The number of nitrogens with one attached hydrogen (secondary N) is 1. The van der Waals surface area contributed by atoms with Gasteiger partial charge < -0.3 is 15.0 Å². The number of carbonyl (C=O) groups excluding carboxylic acids is 2. The van der Waals surface area contributed by atoms with E-state index >= 15 is 0 Å². The molecule has 6 nitrogen and oxygen atoms in total. The summed E-state index contributed by atoms with van der Waals surface area (Å²) in [6.45, 7) is 2.28. The summed E-state index contributed by atoms with van der Waals surface area (Å²) in [4.78, 5) is 27.2. The van der Waals surface area contributed by atoms with Crippen molar-refractivity contribution in [2.45, 2.75) is 12.5 Å². The van der Waals surface area contributed by atoms with Crippen molar-refractivity contribution in [1.29, 1.82) is 0 Å². The Hall–Kier alpha value is -1.14. The molecule has 0 saturated carbocycles. The van der Waals surface area contributed by atoms with Gasteiger partial charge in [-0.15, -0.1) is 0 Å². The Morgan fingerprint density at radius 1 is 1.41 bits per heavy atom. The van der Waals surface area contributed by atoms with Crippen molar-refractivity contribution >= 4 is 11.8 Å². The zero-order valence-corrected chi connectivity index (χ0v) is 10.7. The lowest BCUT2D eigenvalue weighted by Gasteiger charge is -2.38. The first-order chi connectivity index (χ1) is 8.10. The predicted octanol–water partition coefficient (Wildman–Crippen LogP) is -1.09. The van der Waals surface area contributed by atoms with Gasteiger partial charge in [-0.25, -0.2) is 0 Å². The summed E-state index contributed by atoms with van der Waals surface area (Å²) in [7, 11) is 5.09. The van der Waals surface area contributed by atoms with Crippen molar-refractivity contribution in [2.24, 2.45) is 0 Å². The molecular weight excluding hydrogens is 222 g/mol. The van der Waals surface area contributed by atoms with Gasteiger partial charge in [0.15, 0.2) is 0 Å². The number of methoxy groups -OCH3 is 1. The van der Waals surface area contributed by atoms with E-state index in [1.54, 1.807) is 19.1 Å². The van der Waals surface area contributed by atoms with Gasteiger partial charge >= 0.3 is 0 Å². The average Bonchev–Trinajstić information content (AvgIpc) is 2.35. The Bertz CT molecular complexity index is 283. The quantitative estimate of drug-likeness (QED) is 0.681. The first-order valence-electron chi connectivity index (χ1n) is 5.78. The monoisotopic (exact) mass is 243 g/mol. The third-order valence-corrected chi connectivity index (χ3v) is 3.07. The van der Waals surface area contributed by atoms with Crippen molar-refractivity contribution in [3.05, 3.63) is 0 Å². The van der Waals surface area contributed by atoms with Crippen LogP contribution in [-0.4, -0.2) is 75.1 Å². The van der Waals surface area contributed by atoms with Crippen LogP contribution >= 0.6 is 0 Å². The molecule has 2 amide bonds. The van der Waals surface area contributed by atoms with Crippen LogP contribution in [0.3, 0.4) is 0 Å². The molecule has 0 aromatic rings.